The lowest BCUT2D eigenvalue weighted by Gasteiger charge is -2.38. The van der Waals surface area contributed by atoms with Crippen LogP contribution in [0.25, 0.3) is 11.3 Å². The number of benzene rings is 1. The minimum absolute atomic E-state index is 0. The standard InChI is InChI=1S/C21H23N5O.ClH/c1-14(15-5-3-2-4-6-15)27-18-9-16(11-24-20(18)22)17-10-19-21(12-23-13-21)7-8-26(19)25-17;/h2-6,9-11,14,23H,7-8,12-13H2,1H3,(H2,22,24);1H/t14-;/m0./s1. The van der Waals surface area contributed by atoms with Crippen molar-refractivity contribution in [2.24, 2.45) is 0 Å². The van der Waals surface area contributed by atoms with Gasteiger partial charge in [0.25, 0.3) is 0 Å². The molecule has 1 saturated heterocycles. The lowest BCUT2D eigenvalue weighted by atomic mass is 9.77. The number of nitrogens with one attached hydrogen (secondary N) is 1. The Kier molecular flexibility index (Phi) is 4.77. The van der Waals surface area contributed by atoms with E-state index >= 15 is 0 Å². The molecule has 146 valence electrons. The number of aryl methyl sites for hydroxylation is 1. The summed E-state index contributed by atoms with van der Waals surface area (Å²) in [6.45, 7) is 5.08. The minimum Gasteiger partial charge on any atom is -0.482 e. The normalized spacial score (nSPS) is 17.5. The number of nitrogens with zero attached hydrogens (tertiary/aromatic N) is 3. The van der Waals surface area contributed by atoms with Crippen molar-refractivity contribution in [1.82, 2.24) is 20.1 Å². The topological polar surface area (TPSA) is 78.0 Å². The smallest absolute Gasteiger partial charge is 0.166 e. The fourth-order valence-electron chi connectivity index (χ4n) is 4.06. The first-order chi connectivity index (χ1) is 13.1. The lowest BCUT2D eigenvalue weighted by Crippen LogP contribution is -2.55. The van der Waals surface area contributed by atoms with Gasteiger partial charge in [0, 0.05) is 42.5 Å². The number of pyridine rings is 1. The quantitative estimate of drug-likeness (QED) is 0.706. The minimum atomic E-state index is -0.109. The summed E-state index contributed by atoms with van der Waals surface area (Å²) in [5.41, 5.74) is 10.6. The van der Waals surface area contributed by atoms with Crippen LogP contribution in [0.15, 0.2) is 48.7 Å². The van der Waals surface area contributed by atoms with Crippen LogP contribution in [0, 0.1) is 0 Å². The fraction of sp³-hybridized carbons (Fsp3) is 0.333. The molecule has 2 aliphatic rings. The molecule has 0 amide bonds. The van der Waals surface area contributed by atoms with Gasteiger partial charge < -0.3 is 15.8 Å². The number of halogens is 1. The van der Waals surface area contributed by atoms with Crippen LogP contribution in [0.1, 0.15) is 30.7 Å². The van der Waals surface area contributed by atoms with E-state index in [-0.39, 0.29) is 23.9 Å². The van der Waals surface area contributed by atoms with E-state index in [1.165, 1.54) is 12.1 Å². The molecule has 0 aliphatic carbocycles. The molecule has 0 saturated carbocycles. The number of nitrogens with two attached hydrogens (primary N) is 1. The molecule has 28 heavy (non-hydrogen) atoms. The largest absolute Gasteiger partial charge is 0.482 e. The first-order valence-electron chi connectivity index (χ1n) is 9.41. The molecule has 2 aliphatic heterocycles. The van der Waals surface area contributed by atoms with E-state index in [0.717, 1.165) is 36.5 Å². The third-order valence-corrected chi connectivity index (χ3v) is 5.80. The van der Waals surface area contributed by atoms with E-state index < -0.39 is 0 Å². The van der Waals surface area contributed by atoms with E-state index in [4.69, 9.17) is 15.6 Å². The molecule has 0 bridgehead atoms. The summed E-state index contributed by atoms with van der Waals surface area (Å²) < 4.78 is 8.25. The third kappa shape index (κ3) is 3.02. The van der Waals surface area contributed by atoms with Crippen molar-refractivity contribution in [3.8, 4) is 17.0 Å². The van der Waals surface area contributed by atoms with Gasteiger partial charge in [-0.15, -0.1) is 12.4 Å². The summed E-state index contributed by atoms with van der Waals surface area (Å²) in [6.07, 6.45) is 2.84. The zero-order valence-corrected chi connectivity index (χ0v) is 16.6. The van der Waals surface area contributed by atoms with Gasteiger partial charge in [-0.25, -0.2) is 4.98 Å². The van der Waals surface area contributed by atoms with E-state index in [9.17, 15) is 0 Å². The van der Waals surface area contributed by atoms with Crippen LogP contribution in [0.3, 0.4) is 0 Å². The number of ether oxygens (including phenoxy) is 1. The Morgan fingerprint density at radius 3 is 2.71 bits per heavy atom. The van der Waals surface area contributed by atoms with Gasteiger partial charge in [-0.05, 0) is 31.0 Å². The molecule has 1 atom stereocenters. The van der Waals surface area contributed by atoms with Crippen LogP contribution in [0.5, 0.6) is 5.75 Å². The second kappa shape index (κ2) is 7.11. The molecule has 3 aromatic rings. The number of aromatic nitrogens is 3. The average Bonchev–Trinajstić information content (AvgIpc) is 3.22. The molecule has 0 radical (unpaired) electrons. The molecule has 5 rings (SSSR count). The Labute approximate surface area is 170 Å². The second-order valence-corrected chi connectivity index (χ2v) is 7.55. The highest BCUT2D eigenvalue weighted by Gasteiger charge is 2.45. The second-order valence-electron chi connectivity index (χ2n) is 7.55. The summed E-state index contributed by atoms with van der Waals surface area (Å²) >= 11 is 0. The van der Waals surface area contributed by atoms with Gasteiger partial charge in [-0.2, -0.15) is 5.10 Å². The van der Waals surface area contributed by atoms with Crippen LogP contribution >= 0.6 is 12.4 Å². The van der Waals surface area contributed by atoms with E-state index in [1.54, 1.807) is 6.20 Å². The molecule has 3 N–H and O–H groups in total. The van der Waals surface area contributed by atoms with Gasteiger partial charge >= 0.3 is 0 Å². The van der Waals surface area contributed by atoms with E-state index in [2.05, 4.69) is 21.0 Å². The van der Waals surface area contributed by atoms with Crippen molar-refractivity contribution in [2.75, 3.05) is 18.8 Å². The number of fused-ring (bicyclic) bond motifs is 2. The van der Waals surface area contributed by atoms with E-state index in [1.807, 2.05) is 43.3 Å². The Balaban J connectivity index is 0.00000192. The molecule has 1 spiro atoms. The average molecular weight is 398 g/mol. The maximum absolute atomic E-state index is 6.11. The number of hydrogen-bond acceptors (Lipinski definition) is 5. The molecule has 2 aromatic heterocycles. The monoisotopic (exact) mass is 397 g/mol. The van der Waals surface area contributed by atoms with Crippen LogP contribution < -0.4 is 15.8 Å². The van der Waals surface area contributed by atoms with Crippen molar-refractivity contribution >= 4 is 18.2 Å². The van der Waals surface area contributed by atoms with Crippen molar-refractivity contribution in [3.05, 3.63) is 59.9 Å². The van der Waals surface area contributed by atoms with Gasteiger partial charge in [-0.3, -0.25) is 4.68 Å². The molecule has 7 heteroatoms. The van der Waals surface area contributed by atoms with Crippen molar-refractivity contribution in [2.45, 2.75) is 31.4 Å². The molecule has 1 aromatic carbocycles. The summed E-state index contributed by atoms with van der Waals surface area (Å²) in [6, 6.07) is 14.2. The Morgan fingerprint density at radius 2 is 2.00 bits per heavy atom. The molecule has 1 fully saturated rings. The first-order valence-corrected chi connectivity index (χ1v) is 9.41. The van der Waals surface area contributed by atoms with E-state index in [0.29, 0.717) is 11.6 Å². The Morgan fingerprint density at radius 1 is 1.21 bits per heavy atom. The zero-order valence-electron chi connectivity index (χ0n) is 15.8. The number of rotatable bonds is 4. The highest BCUT2D eigenvalue weighted by molar-refractivity contribution is 5.85. The maximum atomic E-state index is 6.11. The van der Waals surface area contributed by atoms with Gasteiger partial charge in [0.1, 0.15) is 6.10 Å². The Bertz CT molecular complexity index is 984. The Hall–Kier alpha value is -2.57. The first kappa shape index (κ1) is 18.8. The van der Waals surface area contributed by atoms with Gasteiger partial charge in [0.2, 0.25) is 0 Å². The molecule has 0 unspecified atom stereocenters. The van der Waals surface area contributed by atoms with Gasteiger partial charge in [-0.1, -0.05) is 30.3 Å². The molecule has 4 heterocycles. The van der Waals surface area contributed by atoms with Crippen molar-refractivity contribution in [3.63, 3.8) is 0 Å². The van der Waals surface area contributed by atoms with Gasteiger partial charge in [0.05, 0.1) is 5.69 Å². The highest BCUT2D eigenvalue weighted by atomic mass is 35.5. The van der Waals surface area contributed by atoms with Crippen LogP contribution in [0.2, 0.25) is 0 Å². The number of anilines is 1. The fourth-order valence-corrected chi connectivity index (χ4v) is 4.06. The summed E-state index contributed by atoms with van der Waals surface area (Å²) in [4.78, 5) is 4.35. The predicted molar refractivity (Wildman–Crippen MR) is 112 cm³/mol. The molecular weight excluding hydrogens is 374 g/mol. The summed E-state index contributed by atoms with van der Waals surface area (Å²) in [5.74, 6) is 0.991. The highest BCUT2D eigenvalue weighted by Crippen LogP contribution is 2.40. The molecule has 6 nitrogen and oxygen atoms in total. The maximum Gasteiger partial charge on any atom is 0.166 e. The summed E-state index contributed by atoms with van der Waals surface area (Å²) in [5, 5.41) is 8.20. The van der Waals surface area contributed by atoms with Crippen LogP contribution in [-0.2, 0) is 12.0 Å². The lowest BCUT2D eigenvalue weighted by molar-refractivity contribution is 0.227. The number of hydrogen-bond donors (Lipinski definition) is 2. The van der Waals surface area contributed by atoms with Crippen LogP contribution in [-0.4, -0.2) is 27.9 Å². The number of nitrogen functional groups attached to an aromatic ring is 1. The van der Waals surface area contributed by atoms with Crippen molar-refractivity contribution < 1.29 is 4.74 Å². The van der Waals surface area contributed by atoms with Crippen molar-refractivity contribution in [1.29, 1.82) is 0 Å². The predicted octanol–water partition coefficient (Wildman–Crippen LogP) is 3.33. The zero-order chi connectivity index (χ0) is 18.4. The third-order valence-electron chi connectivity index (χ3n) is 5.80. The van der Waals surface area contributed by atoms with Crippen LogP contribution in [0.4, 0.5) is 5.82 Å². The molecular formula is C21H24ClN5O. The van der Waals surface area contributed by atoms with Gasteiger partial charge in [0.15, 0.2) is 11.6 Å². The SMILES string of the molecule is C[C@H](Oc1cc(-c2cc3n(n2)CCC32CNC2)cnc1N)c1ccccc1.Cl. The summed E-state index contributed by atoms with van der Waals surface area (Å²) in [7, 11) is 0.